The summed E-state index contributed by atoms with van der Waals surface area (Å²) in [7, 11) is -3.79. The number of aliphatic hydroxyl groups excluding tert-OH is 1. The van der Waals surface area contributed by atoms with Crippen LogP contribution in [0.1, 0.15) is 37.5 Å². The van der Waals surface area contributed by atoms with Crippen LogP contribution in [0.3, 0.4) is 0 Å². The highest BCUT2D eigenvalue weighted by Gasteiger charge is 2.27. The molecule has 2 aromatic carbocycles. The average molecular weight is 554 g/mol. The van der Waals surface area contributed by atoms with E-state index in [1.165, 1.54) is 18.5 Å². The Morgan fingerprint density at radius 3 is 2.33 bits per heavy atom. The first kappa shape index (κ1) is 30.2. The van der Waals surface area contributed by atoms with Gasteiger partial charge >= 0.3 is 0 Å². The van der Waals surface area contributed by atoms with Crippen LogP contribution in [0.4, 0.5) is 0 Å². The van der Waals surface area contributed by atoms with Crippen molar-refractivity contribution in [1.82, 2.24) is 14.8 Å². The maximum absolute atomic E-state index is 12.1. The van der Waals surface area contributed by atoms with Gasteiger partial charge in [-0.1, -0.05) is 62.4 Å². The van der Waals surface area contributed by atoms with Gasteiger partial charge in [0.05, 0.1) is 37.0 Å². The molecule has 10 heteroatoms. The fraction of sp³-hybridized carbons (Fsp3) is 0.379. The van der Waals surface area contributed by atoms with Crippen LogP contribution in [-0.2, 0) is 23.8 Å². The lowest BCUT2D eigenvalue weighted by molar-refractivity contribution is 0.0471. The lowest BCUT2D eigenvalue weighted by Gasteiger charge is -2.27. The molecule has 1 N–H and O–H groups in total. The van der Waals surface area contributed by atoms with E-state index in [0.29, 0.717) is 18.9 Å². The van der Waals surface area contributed by atoms with Crippen LogP contribution in [0.5, 0.6) is 0 Å². The summed E-state index contributed by atoms with van der Waals surface area (Å²) in [5.41, 5.74) is 2.97. The van der Waals surface area contributed by atoms with Gasteiger partial charge in [0.25, 0.3) is 10.1 Å². The molecule has 0 aliphatic rings. The zero-order chi connectivity index (χ0) is 28.3. The first-order chi connectivity index (χ1) is 18.6. The Labute approximate surface area is 230 Å². The summed E-state index contributed by atoms with van der Waals surface area (Å²) in [5, 5.41) is 15.0. The van der Waals surface area contributed by atoms with E-state index in [9.17, 15) is 13.5 Å². The van der Waals surface area contributed by atoms with Crippen molar-refractivity contribution in [3.63, 3.8) is 0 Å². The van der Waals surface area contributed by atoms with E-state index >= 15 is 0 Å². The molecule has 1 atom stereocenters. The number of rotatable bonds is 12. The maximum atomic E-state index is 12.1. The van der Waals surface area contributed by atoms with Gasteiger partial charge in [-0.15, -0.1) is 0 Å². The third-order valence-corrected chi connectivity index (χ3v) is 6.89. The molecule has 0 spiro atoms. The molecule has 1 heterocycles. The molecule has 0 radical (unpaired) electrons. The summed E-state index contributed by atoms with van der Waals surface area (Å²) in [4.78, 5) is 4.11. The van der Waals surface area contributed by atoms with Gasteiger partial charge in [0.1, 0.15) is 25.4 Å². The molecule has 0 bridgehead atoms. The number of benzene rings is 2. The van der Waals surface area contributed by atoms with Crippen LogP contribution in [0.15, 0.2) is 66.1 Å². The minimum absolute atomic E-state index is 0.0727. The second-order valence-corrected chi connectivity index (χ2v) is 11.5. The molecule has 1 aromatic heterocycles. The Balaban J connectivity index is 1.38. The van der Waals surface area contributed by atoms with Gasteiger partial charge < -0.3 is 14.6 Å². The molecular weight excluding hydrogens is 518 g/mol. The van der Waals surface area contributed by atoms with Gasteiger partial charge in [0, 0.05) is 5.56 Å². The molecule has 0 saturated heterocycles. The van der Waals surface area contributed by atoms with Gasteiger partial charge in [-0.25, -0.2) is 9.67 Å². The van der Waals surface area contributed by atoms with Crippen molar-refractivity contribution in [2.75, 3.05) is 33.0 Å². The van der Waals surface area contributed by atoms with Crippen molar-refractivity contribution in [3.8, 4) is 11.8 Å². The molecule has 1 unspecified atom stereocenters. The molecule has 0 fully saturated rings. The van der Waals surface area contributed by atoms with Gasteiger partial charge in [-0.3, -0.25) is 4.18 Å². The molecule has 3 aromatic rings. The smallest absolute Gasteiger partial charge is 0.297 e. The lowest BCUT2D eigenvalue weighted by Crippen LogP contribution is -2.29. The first-order valence-corrected chi connectivity index (χ1v) is 13.9. The van der Waals surface area contributed by atoms with Crippen LogP contribution in [0.25, 0.3) is 11.8 Å². The number of ether oxygens (including phenoxy) is 2. The minimum Gasteiger partial charge on any atom is -0.386 e. The van der Waals surface area contributed by atoms with Gasteiger partial charge in [0.15, 0.2) is 0 Å². The number of hydrogen-bond acceptors (Lipinski definition) is 8. The third kappa shape index (κ3) is 9.73. The van der Waals surface area contributed by atoms with Crippen molar-refractivity contribution in [2.45, 2.75) is 38.7 Å². The predicted molar refractivity (Wildman–Crippen MR) is 149 cm³/mol. The lowest BCUT2D eigenvalue weighted by atomic mass is 9.86. The highest BCUT2D eigenvalue weighted by molar-refractivity contribution is 7.86. The molecule has 9 nitrogen and oxygen atoms in total. The van der Waals surface area contributed by atoms with Crippen molar-refractivity contribution in [1.29, 1.82) is 0 Å². The van der Waals surface area contributed by atoms with E-state index in [-0.39, 0.29) is 30.1 Å². The number of aliphatic hydroxyl groups is 1. The molecule has 3 rings (SSSR count). The fourth-order valence-corrected chi connectivity index (χ4v) is 4.24. The van der Waals surface area contributed by atoms with E-state index in [2.05, 4.69) is 21.9 Å². The highest BCUT2D eigenvalue weighted by atomic mass is 32.2. The van der Waals surface area contributed by atoms with Crippen LogP contribution in [0, 0.1) is 24.2 Å². The Morgan fingerprint density at radius 1 is 1.03 bits per heavy atom. The monoisotopic (exact) mass is 553 g/mol. The number of aromatic nitrogens is 3. The maximum Gasteiger partial charge on any atom is 0.297 e. The zero-order valence-corrected chi connectivity index (χ0v) is 23.5. The molecule has 208 valence electrons. The summed E-state index contributed by atoms with van der Waals surface area (Å²) < 4.78 is 41.6. The van der Waals surface area contributed by atoms with Crippen LogP contribution >= 0.6 is 0 Å². The third-order valence-electron chi connectivity index (χ3n) is 5.56. The van der Waals surface area contributed by atoms with E-state index < -0.39 is 16.2 Å². The highest BCUT2D eigenvalue weighted by Crippen LogP contribution is 2.28. The van der Waals surface area contributed by atoms with Crippen molar-refractivity contribution in [2.24, 2.45) is 5.41 Å². The molecule has 0 saturated carbocycles. The molecular formula is C29H35N3O6S. The fourth-order valence-electron chi connectivity index (χ4n) is 3.35. The average Bonchev–Trinajstić information content (AvgIpc) is 3.43. The van der Waals surface area contributed by atoms with Crippen molar-refractivity contribution in [3.05, 3.63) is 77.9 Å². The van der Waals surface area contributed by atoms with E-state index in [1.54, 1.807) is 23.1 Å². The second-order valence-electron chi connectivity index (χ2n) is 9.86. The van der Waals surface area contributed by atoms with Crippen molar-refractivity contribution >= 4 is 21.9 Å². The van der Waals surface area contributed by atoms with Crippen LogP contribution in [0.2, 0.25) is 0 Å². The van der Waals surface area contributed by atoms with E-state index in [1.807, 2.05) is 58.0 Å². The Bertz CT molecular complexity index is 1370. The Kier molecular flexibility index (Phi) is 11.0. The zero-order valence-electron chi connectivity index (χ0n) is 22.7. The van der Waals surface area contributed by atoms with E-state index in [0.717, 1.165) is 16.7 Å². The van der Waals surface area contributed by atoms with Crippen molar-refractivity contribution < 1.29 is 27.2 Å². The SMILES string of the molecule is Cc1ccc(S(=O)(=O)OCCOCCOCC#Cc2ccc(/C=C(\C(O)C(C)(C)C)n3cncn3)cc2)cc1. The summed E-state index contributed by atoms with van der Waals surface area (Å²) in [6.07, 6.45) is 4.15. The summed E-state index contributed by atoms with van der Waals surface area (Å²) in [6, 6.07) is 14.1. The Morgan fingerprint density at radius 2 is 1.69 bits per heavy atom. The standard InChI is InChI=1S/C29H35N3O6S/c1-23-7-13-26(14-8-23)39(34,35)38-19-18-37-17-16-36-15-5-6-24-9-11-25(12-10-24)20-27(28(33)29(2,3)4)32-22-30-21-31-32/h7-14,20-22,28,33H,15-19H2,1-4H3/b27-20+. The quantitative estimate of drug-likeness (QED) is 0.205. The molecule has 39 heavy (non-hydrogen) atoms. The van der Waals surface area contributed by atoms with Gasteiger partial charge in [-0.05, 0) is 48.2 Å². The topological polar surface area (TPSA) is 113 Å². The summed E-state index contributed by atoms with van der Waals surface area (Å²) in [5.74, 6) is 6.00. The van der Waals surface area contributed by atoms with Gasteiger partial charge in [0.2, 0.25) is 0 Å². The molecule has 0 aliphatic heterocycles. The summed E-state index contributed by atoms with van der Waals surface area (Å²) in [6.45, 7) is 8.68. The molecule has 0 aliphatic carbocycles. The number of hydrogen-bond donors (Lipinski definition) is 1. The largest absolute Gasteiger partial charge is 0.386 e. The summed E-state index contributed by atoms with van der Waals surface area (Å²) >= 11 is 0. The van der Waals surface area contributed by atoms with Crippen LogP contribution in [-0.4, -0.2) is 67.4 Å². The first-order valence-electron chi connectivity index (χ1n) is 12.5. The minimum atomic E-state index is -3.79. The predicted octanol–water partition coefficient (Wildman–Crippen LogP) is 3.78. The van der Waals surface area contributed by atoms with E-state index in [4.69, 9.17) is 13.7 Å². The van der Waals surface area contributed by atoms with Gasteiger partial charge in [-0.2, -0.15) is 13.5 Å². The number of aryl methyl sites for hydroxylation is 1. The number of nitrogens with zero attached hydrogens (tertiary/aromatic N) is 3. The van der Waals surface area contributed by atoms with Crippen LogP contribution < -0.4 is 0 Å². The Hall–Kier alpha value is -3.33. The normalized spacial score (nSPS) is 13.1. The molecule has 0 amide bonds. The second kappa shape index (κ2) is 14.2.